The average molecular weight is 358 g/mol. The zero-order chi connectivity index (χ0) is 17.6. The highest BCUT2D eigenvalue weighted by molar-refractivity contribution is 7.15. The number of carbonyl (C=O) groups is 1. The molecule has 2 aromatic rings. The number of nitrogens with two attached hydrogens (primary N) is 2. The minimum atomic E-state index is -0.355. The number of guanidine groups is 1. The summed E-state index contributed by atoms with van der Waals surface area (Å²) in [5.74, 6) is 0.542. The van der Waals surface area contributed by atoms with Crippen LogP contribution in [-0.2, 0) is 19.4 Å². The molecule has 1 unspecified atom stereocenters. The molecule has 0 bridgehead atoms. The average Bonchev–Trinajstić information content (AvgIpc) is 2.98. The lowest BCUT2D eigenvalue weighted by atomic mass is 9.91. The molecule has 8 heteroatoms. The van der Waals surface area contributed by atoms with E-state index in [0.717, 1.165) is 30.5 Å². The number of carbonyl (C=O) groups excluding carboxylic acids is 1. The quantitative estimate of drug-likeness (QED) is 0.491. The van der Waals surface area contributed by atoms with Crippen molar-refractivity contribution in [2.24, 2.45) is 16.6 Å². The maximum atomic E-state index is 11.8. The highest BCUT2D eigenvalue weighted by atomic mass is 32.1. The number of nitrogens with one attached hydrogen (secondary N) is 2. The van der Waals surface area contributed by atoms with E-state index in [2.05, 4.69) is 20.6 Å². The molecule has 6 N–H and O–H groups in total. The number of aromatic nitrogens is 1. The fraction of sp³-hybridized carbons (Fsp3) is 0.353. The Balaban J connectivity index is 1.43. The van der Waals surface area contributed by atoms with Crippen LogP contribution in [0.4, 0.5) is 9.93 Å². The molecule has 0 fully saturated rings. The molecule has 0 saturated heterocycles. The van der Waals surface area contributed by atoms with Gasteiger partial charge in [-0.2, -0.15) is 0 Å². The minimum absolute atomic E-state index is 0.139. The molecular formula is C17H22N6OS. The molecule has 1 aliphatic rings. The molecule has 0 radical (unpaired) electrons. The van der Waals surface area contributed by atoms with Crippen LogP contribution in [0.5, 0.6) is 0 Å². The summed E-state index contributed by atoms with van der Waals surface area (Å²) in [4.78, 5) is 21.7. The monoisotopic (exact) mass is 358 g/mol. The second-order valence-corrected chi connectivity index (χ2v) is 7.17. The second-order valence-electron chi connectivity index (χ2n) is 6.05. The summed E-state index contributed by atoms with van der Waals surface area (Å²) in [7, 11) is 0. The Morgan fingerprint density at radius 1 is 1.36 bits per heavy atom. The number of amides is 2. The number of aliphatic imine (C=N–C) groups is 1. The van der Waals surface area contributed by atoms with Crippen molar-refractivity contribution < 1.29 is 4.79 Å². The summed E-state index contributed by atoms with van der Waals surface area (Å²) in [6, 6.07) is 9.32. The first-order valence-corrected chi connectivity index (χ1v) is 9.04. The van der Waals surface area contributed by atoms with Crippen molar-refractivity contribution in [3.63, 3.8) is 0 Å². The topological polar surface area (TPSA) is 118 Å². The van der Waals surface area contributed by atoms with Gasteiger partial charge < -0.3 is 16.8 Å². The standard InChI is InChI=1S/C17H22N6OS/c18-15(23-17(24)21-9-11-4-2-1-3-5-11)20-10-12-6-7-13-14(8-12)25-16(19)22-13/h1-5,12H,6-10H2,(H2,19,22)(H4,18,20,21,23,24). The smallest absolute Gasteiger partial charge is 0.321 e. The number of rotatable bonds is 4. The number of benzene rings is 1. The Morgan fingerprint density at radius 2 is 2.16 bits per heavy atom. The van der Waals surface area contributed by atoms with E-state index in [1.807, 2.05) is 30.3 Å². The molecule has 0 spiro atoms. The van der Waals surface area contributed by atoms with Crippen LogP contribution in [0.2, 0.25) is 0 Å². The second kappa shape index (κ2) is 7.98. The van der Waals surface area contributed by atoms with Crippen LogP contribution in [0.15, 0.2) is 35.3 Å². The van der Waals surface area contributed by atoms with E-state index in [4.69, 9.17) is 11.5 Å². The largest absolute Gasteiger partial charge is 0.375 e. The molecule has 0 aliphatic heterocycles. The number of hydrogen-bond donors (Lipinski definition) is 4. The number of hydrogen-bond acceptors (Lipinski definition) is 5. The molecule has 132 valence electrons. The number of anilines is 1. The van der Waals surface area contributed by atoms with Crippen molar-refractivity contribution >= 4 is 28.5 Å². The van der Waals surface area contributed by atoms with E-state index in [1.165, 1.54) is 4.88 Å². The van der Waals surface area contributed by atoms with Crippen LogP contribution in [0.25, 0.3) is 0 Å². The Kier molecular flexibility index (Phi) is 5.49. The van der Waals surface area contributed by atoms with Crippen molar-refractivity contribution in [2.75, 3.05) is 12.3 Å². The Hall–Kier alpha value is -2.61. The number of nitrogen functional groups attached to an aromatic ring is 1. The summed E-state index contributed by atoms with van der Waals surface area (Å²) < 4.78 is 0. The first-order valence-electron chi connectivity index (χ1n) is 8.23. The van der Waals surface area contributed by atoms with Crippen LogP contribution in [-0.4, -0.2) is 23.5 Å². The lowest BCUT2D eigenvalue weighted by Gasteiger charge is -2.19. The molecule has 25 heavy (non-hydrogen) atoms. The fourth-order valence-corrected chi connectivity index (χ4v) is 3.82. The number of urea groups is 1. The third kappa shape index (κ3) is 4.93. The third-order valence-corrected chi connectivity index (χ3v) is 5.06. The number of thiazole rings is 1. The van der Waals surface area contributed by atoms with Crippen LogP contribution in [0.3, 0.4) is 0 Å². The van der Waals surface area contributed by atoms with E-state index in [9.17, 15) is 4.79 Å². The van der Waals surface area contributed by atoms with Crippen molar-refractivity contribution in [2.45, 2.75) is 25.8 Å². The van der Waals surface area contributed by atoms with E-state index in [-0.39, 0.29) is 12.0 Å². The molecule has 1 aromatic heterocycles. The lowest BCUT2D eigenvalue weighted by Crippen LogP contribution is -2.43. The van der Waals surface area contributed by atoms with Gasteiger partial charge in [-0.1, -0.05) is 30.3 Å². The first kappa shape index (κ1) is 17.2. The van der Waals surface area contributed by atoms with Crippen LogP contribution >= 0.6 is 11.3 Å². The third-order valence-electron chi connectivity index (χ3n) is 4.12. The fourth-order valence-electron chi connectivity index (χ4n) is 2.82. The highest BCUT2D eigenvalue weighted by Crippen LogP contribution is 2.31. The van der Waals surface area contributed by atoms with Crippen LogP contribution in [0, 0.1) is 5.92 Å². The van der Waals surface area contributed by atoms with Gasteiger partial charge in [-0.25, -0.2) is 9.78 Å². The molecule has 2 amide bonds. The Bertz CT molecular complexity index is 758. The zero-order valence-corrected chi connectivity index (χ0v) is 14.7. The van der Waals surface area contributed by atoms with Crippen LogP contribution < -0.4 is 22.1 Å². The highest BCUT2D eigenvalue weighted by Gasteiger charge is 2.21. The SMILES string of the molecule is NC(=NCC1CCc2nc(N)sc2C1)NC(=O)NCc1ccccc1. The molecule has 1 heterocycles. The summed E-state index contributed by atoms with van der Waals surface area (Å²) in [6.07, 6.45) is 2.85. The molecular weight excluding hydrogens is 336 g/mol. The Labute approximate surface area is 150 Å². The van der Waals surface area contributed by atoms with Gasteiger partial charge in [0.2, 0.25) is 0 Å². The lowest BCUT2D eigenvalue weighted by molar-refractivity contribution is 0.245. The zero-order valence-electron chi connectivity index (χ0n) is 13.9. The predicted octanol–water partition coefficient (Wildman–Crippen LogP) is 1.64. The summed E-state index contributed by atoms with van der Waals surface area (Å²) in [5.41, 5.74) is 13.7. The maximum Gasteiger partial charge on any atom is 0.321 e. The molecule has 3 rings (SSSR count). The van der Waals surface area contributed by atoms with Gasteiger partial charge in [-0.3, -0.25) is 10.3 Å². The number of aryl methyl sites for hydroxylation is 1. The first-order chi connectivity index (χ1) is 12.1. The molecule has 7 nitrogen and oxygen atoms in total. The predicted molar refractivity (Wildman–Crippen MR) is 100 cm³/mol. The van der Waals surface area contributed by atoms with Gasteiger partial charge in [0.25, 0.3) is 0 Å². The van der Waals surface area contributed by atoms with Gasteiger partial charge in [0.1, 0.15) is 0 Å². The van der Waals surface area contributed by atoms with Gasteiger partial charge >= 0.3 is 6.03 Å². The van der Waals surface area contributed by atoms with Crippen molar-refractivity contribution in [1.29, 1.82) is 0 Å². The van der Waals surface area contributed by atoms with Crippen LogP contribution in [0.1, 0.15) is 22.6 Å². The van der Waals surface area contributed by atoms with Crippen molar-refractivity contribution in [1.82, 2.24) is 15.6 Å². The normalized spacial score (nSPS) is 17.0. The molecule has 1 aliphatic carbocycles. The number of fused-ring (bicyclic) bond motifs is 1. The molecule has 1 atom stereocenters. The van der Waals surface area contributed by atoms with E-state index in [1.54, 1.807) is 11.3 Å². The van der Waals surface area contributed by atoms with Gasteiger partial charge in [-0.05, 0) is 30.7 Å². The van der Waals surface area contributed by atoms with Gasteiger partial charge in [0.05, 0.1) is 5.69 Å². The minimum Gasteiger partial charge on any atom is -0.375 e. The van der Waals surface area contributed by atoms with Crippen molar-refractivity contribution in [3.05, 3.63) is 46.5 Å². The molecule has 1 aromatic carbocycles. The molecule has 0 saturated carbocycles. The van der Waals surface area contributed by atoms with Gasteiger partial charge in [-0.15, -0.1) is 11.3 Å². The van der Waals surface area contributed by atoms with Gasteiger partial charge in [0.15, 0.2) is 11.1 Å². The van der Waals surface area contributed by atoms with Gasteiger partial charge in [0, 0.05) is 18.0 Å². The summed E-state index contributed by atoms with van der Waals surface area (Å²) in [5, 5.41) is 5.94. The Morgan fingerprint density at radius 3 is 2.96 bits per heavy atom. The number of nitrogens with zero attached hydrogens (tertiary/aromatic N) is 2. The summed E-state index contributed by atoms with van der Waals surface area (Å²) >= 11 is 1.55. The summed E-state index contributed by atoms with van der Waals surface area (Å²) in [6.45, 7) is 1.03. The van der Waals surface area contributed by atoms with E-state index < -0.39 is 0 Å². The van der Waals surface area contributed by atoms with E-state index in [0.29, 0.717) is 24.1 Å². The van der Waals surface area contributed by atoms with Crippen molar-refractivity contribution in [3.8, 4) is 0 Å². The van der Waals surface area contributed by atoms with E-state index >= 15 is 0 Å². The maximum absolute atomic E-state index is 11.8.